The predicted molar refractivity (Wildman–Crippen MR) is 58.1 cm³/mol. The van der Waals surface area contributed by atoms with Crippen LogP contribution in [0.5, 0.6) is 0 Å². The van der Waals surface area contributed by atoms with Crippen LogP contribution in [0.3, 0.4) is 0 Å². The summed E-state index contributed by atoms with van der Waals surface area (Å²) in [7, 11) is 0. The second-order valence-corrected chi connectivity index (χ2v) is 3.70. The molecule has 12 heavy (non-hydrogen) atoms. The van der Waals surface area contributed by atoms with E-state index in [9.17, 15) is 0 Å². The number of rotatable bonds is 3. The Balaban J connectivity index is 2.75. The van der Waals surface area contributed by atoms with Crippen LogP contribution < -0.4 is 0 Å². The molecule has 0 bridgehead atoms. The van der Waals surface area contributed by atoms with Gasteiger partial charge in [0, 0.05) is 0 Å². The van der Waals surface area contributed by atoms with E-state index in [1.54, 1.807) is 0 Å². The summed E-state index contributed by atoms with van der Waals surface area (Å²) in [5, 5.41) is 0. The van der Waals surface area contributed by atoms with Crippen molar-refractivity contribution in [2.45, 2.75) is 26.7 Å². The highest BCUT2D eigenvalue weighted by atomic mass is 32.1. The van der Waals surface area contributed by atoms with E-state index in [1.165, 1.54) is 23.1 Å². The topological polar surface area (TPSA) is 0 Å². The van der Waals surface area contributed by atoms with Gasteiger partial charge >= 0.3 is 0 Å². The van der Waals surface area contributed by atoms with Gasteiger partial charge in [0.25, 0.3) is 0 Å². The summed E-state index contributed by atoms with van der Waals surface area (Å²) in [5.74, 6) is 0.980. The van der Waals surface area contributed by atoms with Crippen LogP contribution in [0.2, 0.25) is 0 Å². The molecule has 0 fully saturated rings. The third-order valence-electron chi connectivity index (χ3n) is 2.11. The standard InChI is InChI=1S/C11H16S/c1-9-5-6-10(2)11(8-9)4-3-7-12/h5-6,8,12H,3-4,7H2,1-2H3. The first kappa shape index (κ1) is 9.66. The third-order valence-corrected chi connectivity index (χ3v) is 2.43. The molecule has 0 radical (unpaired) electrons. The largest absolute Gasteiger partial charge is 0.179 e. The first-order valence-corrected chi connectivity index (χ1v) is 5.04. The molecule has 1 rings (SSSR count). The maximum absolute atomic E-state index is 4.21. The van der Waals surface area contributed by atoms with Gasteiger partial charge in [-0.25, -0.2) is 0 Å². The number of aryl methyl sites for hydroxylation is 3. The molecule has 0 saturated heterocycles. The Morgan fingerprint density at radius 3 is 2.67 bits per heavy atom. The minimum absolute atomic E-state index is 0.980. The minimum atomic E-state index is 0.980. The molecule has 66 valence electrons. The average molecular weight is 180 g/mol. The summed E-state index contributed by atoms with van der Waals surface area (Å²) in [5.41, 5.74) is 4.24. The van der Waals surface area contributed by atoms with Crippen molar-refractivity contribution in [3.8, 4) is 0 Å². The van der Waals surface area contributed by atoms with Crippen molar-refractivity contribution in [2.75, 3.05) is 5.75 Å². The van der Waals surface area contributed by atoms with Crippen LogP contribution in [-0.2, 0) is 6.42 Å². The van der Waals surface area contributed by atoms with Crippen LogP contribution in [0, 0.1) is 13.8 Å². The fourth-order valence-electron chi connectivity index (χ4n) is 1.34. The van der Waals surface area contributed by atoms with Crippen molar-refractivity contribution >= 4 is 12.6 Å². The molecule has 0 atom stereocenters. The number of benzene rings is 1. The van der Waals surface area contributed by atoms with Gasteiger partial charge in [-0.15, -0.1) is 0 Å². The Morgan fingerprint density at radius 1 is 1.25 bits per heavy atom. The second kappa shape index (κ2) is 4.56. The fourth-order valence-corrected chi connectivity index (χ4v) is 1.50. The summed E-state index contributed by atoms with van der Waals surface area (Å²) in [6, 6.07) is 6.64. The predicted octanol–water partition coefficient (Wildman–Crippen LogP) is 3.17. The van der Waals surface area contributed by atoms with Crippen molar-refractivity contribution in [3.05, 3.63) is 34.9 Å². The van der Waals surface area contributed by atoms with E-state index in [4.69, 9.17) is 0 Å². The van der Waals surface area contributed by atoms with E-state index in [-0.39, 0.29) is 0 Å². The quantitative estimate of drug-likeness (QED) is 0.679. The van der Waals surface area contributed by atoms with Gasteiger partial charge < -0.3 is 0 Å². The molecule has 0 spiro atoms. The Morgan fingerprint density at radius 2 is 2.00 bits per heavy atom. The smallest absolute Gasteiger partial charge is 0.00947 e. The molecular weight excluding hydrogens is 164 g/mol. The molecule has 1 aromatic rings. The lowest BCUT2D eigenvalue weighted by Crippen LogP contribution is -1.91. The SMILES string of the molecule is Cc1ccc(C)c(CCCS)c1. The molecule has 0 aromatic heterocycles. The summed E-state index contributed by atoms with van der Waals surface area (Å²) >= 11 is 4.21. The van der Waals surface area contributed by atoms with Gasteiger partial charge in [-0.1, -0.05) is 23.8 Å². The lowest BCUT2D eigenvalue weighted by molar-refractivity contribution is 0.924. The maximum Gasteiger partial charge on any atom is -0.00947 e. The van der Waals surface area contributed by atoms with Gasteiger partial charge in [-0.3, -0.25) is 0 Å². The van der Waals surface area contributed by atoms with Crippen molar-refractivity contribution in [1.82, 2.24) is 0 Å². The van der Waals surface area contributed by atoms with E-state index < -0.39 is 0 Å². The number of hydrogen-bond acceptors (Lipinski definition) is 1. The van der Waals surface area contributed by atoms with E-state index in [2.05, 4.69) is 44.7 Å². The van der Waals surface area contributed by atoms with Gasteiger partial charge in [0.2, 0.25) is 0 Å². The van der Waals surface area contributed by atoms with Crippen LogP contribution in [-0.4, -0.2) is 5.75 Å². The van der Waals surface area contributed by atoms with Crippen LogP contribution in [0.25, 0.3) is 0 Å². The van der Waals surface area contributed by atoms with Crippen LogP contribution in [0.15, 0.2) is 18.2 Å². The summed E-state index contributed by atoms with van der Waals surface area (Å²) in [6.45, 7) is 4.32. The minimum Gasteiger partial charge on any atom is -0.179 e. The summed E-state index contributed by atoms with van der Waals surface area (Å²) in [6.07, 6.45) is 2.34. The molecule has 0 unspecified atom stereocenters. The zero-order chi connectivity index (χ0) is 8.97. The second-order valence-electron chi connectivity index (χ2n) is 3.26. The molecule has 0 aliphatic heterocycles. The van der Waals surface area contributed by atoms with Gasteiger partial charge in [-0.05, 0) is 43.6 Å². The molecule has 0 nitrogen and oxygen atoms in total. The Bertz CT molecular complexity index is 253. The lowest BCUT2D eigenvalue weighted by atomic mass is 10.0. The number of hydrogen-bond donors (Lipinski definition) is 1. The molecule has 0 N–H and O–H groups in total. The van der Waals surface area contributed by atoms with Crippen molar-refractivity contribution in [1.29, 1.82) is 0 Å². The van der Waals surface area contributed by atoms with Crippen molar-refractivity contribution in [2.24, 2.45) is 0 Å². The molecule has 1 heteroatoms. The summed E-state index contributed by atoms with van der Waals surface area (Å²) < 4.78 is 0. The number of thiol groups is 1. The van der Waals surface area contributed by atoms with E-state index in [1.807, 2.05) is 0 Å². The first-order chi connectivity index (χ1) is 5.74. The van der Waals surface area contributed by atoms with Crippen molar-refractivity contribution < 1.29 is 0 Å². The highest BCUT2D eigenvalue weighted by molar-refractivity contribution is 7.80. The van der Waals surface area contributed by atoms with Crippen molar-refractivity contribution in [3.63, 3.8) is 0 Å². The highest BCUT2D eigenvalue weighted by Gasteiger charge is 1.97. The highest BCUT2D eigenvalue weighted by Crippen LogP contribution is 2.12. The Kier molecular flexibility index (Phi) is 3.67. The molecular formula is C11H16S. The molecule has 1 aromatic carbocycles. The lowest BCUT2D eigenvalue weighted by Gasteiger charge is -2.05. The van der Waals surface area contributed by atoms with Gasteiger partial charge in [0.05, 0.1) is 0 Å². The molecule has 0 aliphatic rings. The first-order valence-electron chi connectivity index (χ1n) is 4.41. The molecule has 0 heterocycles. The average Bonchev–Trinajstić information content (AvgIpc) is 2.07. The third kappa shape index (κ3) is 2.56. The van der Waals surface area contributed by atoms with E-state index >= 15 is 0 Å². The molecule has 0 amide bonds. The Labute approximate surface area is 80.4 Å². The fraction of sp³-hybridized carbons (Fsp3) is 0.455. The van der Waals surface area contributed by atoms with E-state index in [0.29, 0.717) is 0 Å². The van der Waals surface area contributed by atoms with Gasteiger partial charge in [0.1, 0.15) is 0 Å². The van der Waals surface area contributed by atoms with Crippen LogP contribution in [0.4, 0.5) is 0 Å². The van der Waals surface area contributed by atoms with E-state index in [0.717, 1.165) is 12.2 Å². The van der Waals surface area contributed by atoms with Crippen LogP contribution >= 0.6 is 12.6 Å². The van der Waals surface area contributed by atoms with Crippen LogP contribution in [0.1, 0.15) is 23.1 Å². The van der Waals surface area contributed by atoms with Gasteiger partial charge in [0.15, 0.2) is 0 Å². The van der Waals surface area contributed by atoms with Gasteiger partial charge in [-0.2, -0.15) is 12.6 Å². The molecule has 0 aliphatic carbocycles. The monoisotopic (exact) mass is 180 g/mol. The normalized spacial score (nSPS) is 10.2. The zero-order valence-electron chi connectivity index (χ0n) is 7.80. The molecule has 0 saturated carbocycles. The Hall–Kier alpha value is -0.430. The summed E-state index contributed by atoms with van der Waals surface area (Å²) in [4.78, 5) is 0. The maximum atomic E-state index is 4.21. The zero-order valence-corrected chi connectivity index (χ0v) is 8.70.